The molecule has 1 amide bonds. The third-order valence-electron chi connectivity index (χ3n) is 4.47. The van der Waals surface area contributed by atoms with Gasteiger partial charge in [-0.25, -0.2) is 0 Å². The van der Waals surface area contributed by atoms with Crippen LogP contribution in [-0.2, 0) is 0 Å². The molecule has 0 saturated carbocycles. The molecule has 0 unspecified atom stereocenters. The lowest BCUT2D eigenvalue weighted by Gasteiger charge is -2.32. The average molecular weight is 347 g/mol. The summed E-state index contributed by atoms with van der Waals surface area (Å²) >= 11 is 0. The molecule has 25 heavy (non-hydrogen) atoms. The summed E-state index contributed by atoms with van der Waals surface area (Å²) in [5, 5.41) is 9.36. The van der Waals surface area contributed by atoms with Gasteiger partial charge in [-0.05, 0) is 60.7 Å². The van der Waals surface area contributed by atoms with Gasteiger partial charge >= 0.3 is 6.61 Å². The maximum absolute atomic E-state index is 12.5. The van der Waals surface area contributed by atoms with Crippen LogP contribution in [0.4, 0.5) is 8.78 Å². The lowest BCUT2D eigenvalue weighted by atomic mass is 9.89. The van der Waals surface area contributed by atoms with E-state index in [1.807, 2.05) is 12.1 Å². The minimum atomic E-state index is -2.87. The smallest absolute Gasteiger partial charge is 0.387 e. The number of carbonyl (C=O) groups is 1. The summed E-state index contributed by atoms with van der Waals surface area (Å²) in [6.07, 6.45) is 1.70. The first kappa shape index (κ1) is 17.2. The molecule has 0 bridgehead atoms. The molecule has 1 aliphatic rings. The number of aromatic hydroxyl groups is 1. The fraction of sp³-hybridized carbons (Fsp3) is 0.316. The molecule has 0 radical (unpaired) electrons. The van der Waals surface area contributed by atoms with Gasteiger partial charge in [0, 0.05) is 18.7 Å². The van der Waals surface area contributed by atoms with E-state index in [-0.39, 0.29) is 17.4 Å². The minimum Gasteiger partial charge on any atom is -0.508 e. The number of piperidine rings is 1. The van der Waals surface area contributed by atoms with E-state index in [4.69, 9.17) is 0 Å². The number of nitrogens with zero attached hydrogens (tertiary/aromatic N) is 1. The van der Waals surface area contributed by atoms with Crippen LogP contribution in [-0.4, -0.2) is 35.6 Å². The second-order valence-corrected chi connectivity index (χ2v) is 6.06. The van der Waals surface area contributed by atoms with Gasteiger partial charge in [-0.2, -0.15) is 8.78 Å². The number of phenolic OH excluding ortho intramolecular Hbond substituents is 1. The highest BCUT2D eigenvalue weighted by molar-refractivity contribution is 5.94. The number of likely N-dealkylation sites (tertiary alicyclic amines) is 1. The highest BCUT2D eigenvalue weighted by Crippen LogP contribution is 2.29. The normalized spacial score (nSPS) is 15.4. The van der Waals surface area contributed by atoms with E-state index in [1.54, 1.807) is 17.0 Å². The number of amides is 1. The molecule has 1 fully saturated rings. The lowest BCUT2D eigenvalue weighted by molar-refractivity contribution is -0.0498. The van der Waals surface area contributed by atoms with Gasteiger partial charge in [-0.3, -0.25) is 4.79 Å². The quantitative estimate of drug-likeness (QED) is 0.909. The van der Waals surface area contributed by atoms with Gasteiger partial charge in [-0.1, -0.05) is 12.1 Å². The zero-order valence-electron chi connectivity index (χ0n) is 13.6. The highest BCUT2D eigenvalue weighted by atomic mass is 19.3. The first-order chi connectivity index (χ1) is 12.0. The van der Waals surface area contributed by atoms with Gasteiger partial charge in [-0.15, -0.1) is 0 Å². The Hall–Kier alpha value is -2.63. The molecule has 2 aromatic carbocycles. The van der Waals surface area contributed by atoms with Crippen molar-refractivity contribution in [2.75, 3.05) is 13.1 Å². The van der Waals surface area contributed by atoms with E-state index >= 15 is 0 Å². The van der Waals surface area contributed by atoms with Crippen LogP contribution in [0.5, 0.6) is 11.5 Å². The van der Waals surface area contributed by atoms with Gasteiger partial charge in [0.1, 0.15) is 11.5 Å². The molecule has 0 spiro atoms. The van der Waals surface area contributed by atoms with E-state index in [0.717, 1.165) is 12.8 Å². The number of benzene rings is 2. The van der Waals surface area contributed by atoms with Crippen molar-refractivity contribution < 1.29 is 23.4 Å². The number of ether oxygens (including phenoxy) is 1. The second kappa shape index (κ2) is 7.51. The zero-order chi connectivity index (χ0) is 17.8. The monoisotopic (exact) mass is 347 g/mol. The number of phenols is 1. The number of hydrogen-bond donors (Lipinski definition) is 1. The van der Waals surface area contributed by atoms with Crippen molar-refractivity contribution in [1.29, 1.82) is 0 Å². The van der Waals surface area contributed by atoms with Gasteiger partial charge in [0.05, 0.1) is 0 Å². The molecule has 1 aliphatic heterocycles. The molecule has 0 atom stereocenters. The Labute approximate surface area is 144 Å². The molecule has 1 heterocycles. The van der Waals surface area contributed by atoms with Crippen LogP contribution in [0.15, 0.2) is 48.5 Å². The molecule has 1 saturated heterocycles. The summed E-state index contributed by atoms with van der Waals surface area (Å²) in [6, 6.07) is 13.0. The van der Waals surface area contributed by atoms with Crippen molar-refractivity contribution in [1.82, 2.24) is 4.90 Å². The molecule has 0 aliphatic carbocycles. The molecular formula is C19H19F2NO3. The van der Waals surface area contributed by atoms with Crippen LogP contribution in [0.25, 0.3) is 0 Å². The van der Waals surface area contributed by atoms with Crippen LogP contribution in [0.3, 0.4) is 0 Å². The van der Waals surface area contributed by atoms with E-state index < -0.39 is 6.61 Å². The van der Waals surface area contributed by atoms with Crippen LogP contribution < -0.4 is 4.74 Å². The number of rotatable bonds is 4. The molecule has 3 rings (SSSR count). The summed E-state index contributed by atoms with van der Waals surface area (Å²) in [4.78, 5) is 14.3. The van der Waals surface area contributed by atoms with Crippen molar-refractivity contribution in [2.24, 2.45) is 0 Å². The summed E-state index contributed by atoms with van der Waals surface area (Å²) < 4.78 is 28.6. The fourth-order valence-corrected chi connectivity index (χ4v) is 3.12. The van der Waals surface area contributed by atoms with Gasteiger partial charge < -0.3 is 14.7 Å². The van der Waals surface area contributed by atoms with Crippen molar-refractivity contribution in [3.05, 3.63) is 59.7 Å². The number of hydrogen-bond acceptors (Lipinski definition) is 3. The Morgan fingerprint density at radius 2 is 1.64 bits per heavy atom. The zero-order valence-corrected chi connectivity index (χ0v) is 13.6. The number of carbonyl (C=O) groups excluding carboxylic acids is 1. The third-order valence-corrected chi connectivity index (χ3v) is 4.47. The minimum absolute atomic E-state index is 0.0394. The summed E-state index contributed by atoms with van der Waals surface area (Å²) in [7, 11) is 0. The largest absolute Gasteiger partial charge is 0.508 e. The van der Waals surface area contributed by atoms with E-state index in [0.29, 0.717) is 24.6 Å². The summed E-state index contributed by atoms with van der Waals surface area (Å²) in [5.74, 6) is 0.549. The average Bonchev–Trinajstić information content (AvgIpc) is 2.62. The standard InChI is InChI=1S/C19H19F2NO3/c20-19(21)25-17-7-3-15(4-8-17)18(24)22-11-9-14(10-12-22)13-1-5-16(23)6-2-13/h1-8,14,19,23H,9-12H2. The third kappa shape index (κ3) is 4.26. The van der Waals surface area contributed by atoms with Gasteiger partial charge in [0.2, 0.25) is 0 Å². The summed E-state index contributed by atoms with van der Waals surface area (Å²) in [5.41, 5.74) is 1.63. The number of alkyl halides is 2. The van der Waals surface area contributed by atoms with Gasteiger partial charge in [0.15, 0.2) is 0 Å². The lowest BCUT2D eigenvalue weighted by Crippen LogP contribution is -2.37. The highest BCUT2D eigenvalue weighted by Gasteiger charge is 2.24. The Kier molecular flexibility index (Phi) is 5.16. The predicted molar refractivity (Wildman–Crippen MR) is 89.1 cm³/mol. The Balaban J connectivity index is 1.58. The van der Waals surface area contributed by atoms with Crippen LogP contribution in [0.2, 0.25) is 0 Å². The van der Waals surface area contributed by atoms with Crippen LogP contribution >= 0.6 is 0 Å². The van der Waals surface area contributed by atoms with Crippen molar-refractivity contribution in [3.8, 4) is 11.5 Å². The first-order valence-corrected chi connectivity index (χ1v) is 8.16. The molecule has 4 nitrogen and oxygen atoms in total. The van der Waals surface area contributed by atoms with Gasteiger partial charge in [0.25, 0.3) is 5.91 Å². The Morgan fingerprint density at radius 1 is 1.04 bits per heavy atom. The maximum Gasteiger partial charge on any atom is 0.387 e. The van der Waals surface area contributed by atoms with E-state index in [2.05, 4.69) is 4.74 Å². The Bertz CT molecular complexity index is 708. The molecule has 1 N–H and O–H groups in total. The van der Waals surface area contributed by atoms with E-state index in [9.17, 15) is 18.7 Å². The van der Waals surface area contributed by atoms with Crippen molar-refractivity contribution in [2.45, 2.75) is 25.4 Å². The number of halogens is 2. The summed E-state index contributed by atoms with van der Waals surface area (Å²) in [6.45, 7) is -1.60. The molecule has 0 aromatic heterocycles. The van der Waals surface area contributed by atoms with Crippen molar-refractivity contribution in [3.63, 3.8) is 0 Å². The van der Waals surface area contributed by atoms with Crippen molar-refractivity contribution >= 4 is 5.91 Å². The molecule has 132 valence electrons. The fourth-order valence-electron chi connectivity index (χ4n) is 3.12. The first-order valence-electron chi connectivity index (χ1n) is 8.16. The molecular weight excluding hydrogens is 328 g/mol. The van der Waals surface area contributed by atoms with E-state index in [1.165, 1.54) is 29.8 Å². The topological polar surface area (TPSA) is 49.8 Å². The maximum atomic E-state index is 12.5. The molecule has 2 aromatic rings. The Morgan fingerprint density at radius 3 is 2.20 bits per heavy atom. The van der Waals surface area contributed by atoms with Crippen LogP contribution in [0.1, 0.15) is 34.7 Å². The predicted octanol–water partition coefficient (Wildman–Crippen LogP) is 4.01. The molecule has 6 heteroatoms. The van der Waals surface area contributed by atoms with Crippen LogP contribution in [0, 0.1) is 0 Å². The second-order valence-electron chi connectivity index (χ2n) is 6.06. The SMILES string of the molecule is O=C(c1ccc(OC(F)F)cc1)N1CCC(c2ccc(O)cc2)CC1.